The van der Waals surface area contributed by atoms with Crippen molar-refractivity contribution in [3.63, 3.8) is 0 Å². The maximum Gasteiger partial charge on any atom is 0.241 e. The zero-order chi connectivity index (χ0) is 39.7. The first-order valence-electron chi connectivity index (χ1n) is 18.5. The molecule has 5 atom stereocenters. The van der Waals surface area contributed by atoms with E-state index >= 15 is 0 Å². The van der Waals surface area contributed by atoms with Gasteiger partial charge in [-0.2, -0.15) is 4.72 Å². The molecule has 0 spiro atoms. The van der Waals surface area contributed by atoms with Crippen molar-refractivity contribution < 1.29 is 32.6 Å². The minimum atomic E-state index is -3.97. The fraction of sp³-hybridized carbons (Fsp3) is 0.273. The molecule has 1 heterocycles. The smallest absolute Gasteiger partial charge is 0.241 e. The van der Waals surface area contributed by atoms with Gasteiger partial charge in [-0.3, -0.25) is 9.59 Å². The van der Waals surface area contributed by atoms with E-state index < -0.39 is 28.3 Å². The Hall–Kier alpha value is -4.82. The molecule has 0 unspecified atom stereocenters. The van der Waals surface area contributed by atoms with E-state index in [1.165, 1.54) is 19.1 Å². The fourth-order valence-electron chi connectivity index (χ4n) is 6.44. The quantitative estimate of drug-likeness (QED) is 0.0814. The van der Waals surface area contributed by atoms with Gasteiger partial charge in [-0.25, -0.2) is 8.42 Å². The van der Waals surface area contributed by atoms with E-state index in [2.05, 4.69) is 22.3 Å². The Morgan fingerprint density at radius 3 is 2.07 bits per heavy atom. The van der Waals surface area contributed by atoms with Crippen LogP contribution in [0.15, 0.2) is 137 Å². The summed E-state index contributed by atoms with van der Waals surface area (Å²) in [4.78, 5) is 26.2. The van der Waals surface area contributed by atoms with E-state index in [1.807, 2.05) is 110 Å². The second-order valence-electron chi connectivity index (χ2n) is 14.0. The molecule has 1 aliphatic heterocycles. The molecule has 0 aromatic heterocycles. The Balaban J connectivity index is 1.14. The summed E-state index contributed by atoms with van der Waals surface area (Å²) in [6.45, 7) is 5.61. The number of hydrogen-bond acceptors (Lipinski definition) is 8. The van der Waals surface area contributed by atoms with E-state index in [-0.39, 0.29) is 48.5 Å². The number of aryl methyl sites for hydroxylation is 1. The molecule has 4 N–H and O–H groups in total. The summed E-state index contributed by atoms with van der Waals surface area (Å²) in [7, 11) is -3.97. The lowest BCUT2D eigenvalue weighted by atomic mass is 9.91. The van der Waals surface area contributed by atoms with Gasteiger partial charge in [-0.05, 0) is 72.0 Å². The van der Waals surface area contributed by atoms with Crippen LogP contribution in [0.1, 0.15) is 59.6 Å². The number of carbonyl (C=O) groups excluding carboxylic acids is 2. The molecule has 56 heavy (non-hydrogen) atoms. The van der Waals surface area contributed by atoms with Crippen molar-refractivity contribution in [1.29, 1.82) is 0 Å². The predicted octanol–water partition coefficient (Wildman–Crippen LogP) is 7.24. The number of aliphatic hydroxyl groups is 1. The van der Waals surface area contributed by atoms with E-state index in [4.69, 9.17) is 9.47 Å². The van der Waals surface area contributed by atoms with E-state index in [0.717, 1.165) is 44.0 Å². The summed E-state index contributed by atoms with van der Waals surface area (Å²) in [6, 6.07) is 37.9. The van der Waals surface area contributed by atoms with Gasteiger partial charge in [0, 0.05) is 41.3 Å². The number of anilines is 1. The Morgan fingerprint density at radius 1 is 0.786 bits per heavy atom. The topological polar surface area (TPSA) is 143 Å². The fourth-order valence-corrected chi connectivity index (χ4v) is 8.70. The first kappa shape index (κ1) is 40.8. The largest absolute Gasteiger partial charge is 0.392 e. The Labute approximate surface area is 333 Å². The lowest BCUT2D eigenvalue weighted by Crippen LogP contribution is -2.47. The first-order valence-corrected chi connectivity index (χ1v) is 20.9. The third-order valence-corrected chi connectivity index (χ3v) is 12.2. The molecule has 5 aromatic carbocycles. The highest BCUT2D eigenvalue weighted by Gasteiger charge is 2.38. The molecule has 12 heteroatoms. The van der Waals surface area contributed by atoms with Gasteiger partial charge in [0.2, 0.25) is 21.8 Å². The summed E-state index contributed by atoms with van der Waals surface area (Å²) < 4.78 is 42.5. The van der Waals surface area contributed by atoms with Gasteiger partial charge in [0.05, 0.1) is 23.7 Å². The molecule has 2 amide bonds. The molecule has 6 rings (SSSR count). The highest BCUT2D eigenvalue weighted by atomic mass is 32.2. The number of ether oxygens (including phenoxy) is 2. The number of nitrogens with one attached hydrogen (secondary N) is 3. The summed E-state index contributed by atoms with van der Waals surface area (Å²) in [5.41, 5.74) is 5.92. The van der Waals surface area contributed by atoms with Crippen molar-refractivity contribution in [1.82, 2.24) is 10.0 Å². The van der Waals surface area contributed by atoms with Crippen LogP contribution in [-0.2, 0) is 48.7 Å². The number of hydrogen-bond donors (Lipinski definition) is 4. The molecule has 1 saturated heterocycles. The molecule has 10 nitrogen and oxygen atoms in total. The van der Waals surface area contributed by atoms with Gasteiger partial charge in [0.1, 0.15) is 6.04 Å². The Bertz CT molecular complexity index is 2170. The van der Waals surface area contributed by atoms with Crippen molar-refractivity contribution in [2.45, 2.75) is 74.7 Å². The average molecular weight is 794 g/mol. The SMILES string of the molecule is CC(=O)Nc1ccc(SC[C@H]2O[C@@H](c3ccc(CNC(=O)[C@@H](Cc4ccccc4)NS(=O)(=O)c4ccc(C)cc4)cc3)O[C@@H](c3ccc(CO)cc3)[C@H]2C)cc1. The van der Waals surface area contributed by atoms with Crippen molar-refractivity contribution >= 4 is 39.3 Å². The summed E-state index contributed by atoms with van der Waals surface area (Å²) >= 11 is 1.67. The Morgan fingerprint density at radius 2 is 1.43 bits per heavy atom. The van der Waals surface area contributed by atoms with E-state index in [1.54, 1.807) is 23.9 Å². The predicted molar refractivity (Wildman–Crippen MR) is 218 cm³/mol. The Kier molecular flexibility index (Phi) is 13.8. The minimum absolute atomic E-state index is 0.000807. The molecule has 1 aliphatic rings. The van der Waals surface area contributed by atoms with Crippen LogP contribution < -0.4 is 15.4 Å². The molecule has 0 saturated carbocycles. The van der Waals surface area contributed by atoms with Crippen LogP contribution in [0, 0.1) is 12.8 Å². The van der Waals surface area contributed by atoms with Crippen molar-refractivity contribution in [2.75, 3.05) is 11.1 Å². The summed E-state index contributed by atoms with van der Waals surface area (Å²) in [5.74, 6) is 0.0951. The monoisotopic (exact) mass is 793 g/mol. The van der Waals surface area contributed by atoms with Crippen LogP contribution in [-0.4, -0.2) is 43.2 Å². The van der Waals surface area contributed by atoms with E-state index in [0.29, 0.717) is 5.75 Å². The standard InChI is InChI=1S/C44H47N3O7S2/c1-29-9-23-39(24-10-29)56(51,52)47-40(25-32-7-5-4-6-8-32)43(50)45-26-33-11-17-36(18-12-33)44-53-41(28-55-38-21-19-37(20-22-38)46-31(3)49)30(2)42(54-44)35-15-13-34(27-48)14-16-35/h4-24,30,40-42,44,47-48H,25-28H2,1-3H3,(H,45,50)(H,46,49)/t30-,40+,41+,42+,44+/m0/s1. The maximum atomic E-state index is 13.6. The number of rotatable bonds is 15. The second-order valence-corrected chi connectivity index (χ2v) is 16.8. The molecule has 5 aromatic rings. The number of thioether (sulfide) groups is 1. The molecule has 292 valence electrons. The van der Waals surface area contributed by atoms with Gasteiger partial charge >= 0.3 is 0 Å². The number of carbonyl (C=O) groups is 2. The van der Waals surface area contributed by atoms with Gasteiger partial charge in [0.25, 0.3) is 0 Å². The summed E-state index contributed by atoms with van der Waals surface area (Å²) in [5, 5.41) is 15.3. The molecule has 0 radical (unpaired) electrons. The van der Waals surface area contributed by atoms with Crippen LogP contribution >= 0.6 is 11.8 Å². The molecule has 1 fully saturated rings. The molecule has 0 bridgehead atoms. The third kappa shape index (κ3) is 10.9. The van der Waals surface area contributed by atoms with Crippen LogP contribution in [0.4, 0.5) is 5.69 Å². The minimum Gasteiger partial charge on any atom is -0.392 e. The molecule has 0 aliphatic carbocycles. The highest BCUT2D eigenvalue weighted by molar-refractivity contribution is 7.99. The van der Waals surface area contributed by atoms with E-state index in [9.17, 15) is 23.1 Å². The van der Waals surface area contributed by atoms with Crippen molar-refractivity contribution in [3.8, 4) is 0 Å². The number of amides is 2. The number of benzene rings is 5. The zero-order valence-electron chi connectivity index (χ0n) is 31.6. The first-order chi connectivity index (χ1) is 27.0. The van der Waals surface area contributed by atoms with Gasteiger partial charge in [0.15, 0.2) is 6.29 Å². The third-order valence-electron chi connectivity index (χ3n) is 9.66. The molecular formula is C44H47N3O7S2. The second kappa shape index (κ2) is 18.9. The lowest BCUT2D eigenvalue weighted by Gasteiger charge is -2.41. The van der Waals surface area contributed by atoms with Crippen LogP contribution in [0.25, 0.3) is 0 Å². The number of sulfonamides is 1. The molecular weight excluding hydrogens is 747 g/mol. The van der Waals surface area contributed by atoms with Crippen LogP contribution in [0.3, 0.4) is 0 Å². The van der Waals surface area contributed by atoms with Gasteiger partial charge in [-0.1, -0.05) is 103 Å². The summed E-state index contributed by atoms with van der Waals surface area (Å²) in [6.07, 6.45) is -0.951. The normalized spacial score (nSPS) is 18.9. The van der Waals surface area contributed by atoms with Crippen LogP contribution in [0.2, 0.25) is 0 Å². The van der Waals surface area contributed by atoms with Gasteiger partial charge in [-0.15, -0.1) is 11.8 Å². The van der Waals surface area contributed by atoms with Crippen molar-refractivity contribution in [3.05, 3.63) is 161 Å². The average Bonchev–Trinajstić information content (AvgIpc) is 3.20. The lowest BCUT2D eigenvalue weighted by molar-refractivity contribution is -0.268. The van der Waals surface area contributed by atoms with Crippen LogP contribution in [0.5, 0.6) is 0 Å². The zero-order valence-corrected chi connectivity index (χ0v) is 33.2. The maximum absolute atomic E-state index is 13.6. The van der Waals surface area contributed by atoms with Gasteiger partial charge < -0.3 is 25.2 Å². The highest BCUT2D eigenvalue weighted by Crippen LogP contribution is 2.43. The number of aliphatic hydroxyl groups excluding tert-OH is 1. The van der Waals surface area contributed by atoms with Crippen molar-refractivity contribution in [2.24, 2.45) is 5.92 Å².